The number of phenolic OH excluding ortho intramolecular Hbond substituents is 1. The number of rotatable bonds is 7. The molecule has 2 aliphatic rings. The molecule has 3 N–H and O–H groups in total. The van der Waals surface area contributed by atoms with Gasteiger partial charge in [0.15, 0.2) is 5.67 Å². The maximum atomic E-state index is 14.3. The number of carbonyl (C=O) groups excluding carboxylic acids is 3. The minimum atomic E-state index is -1.89. The average molecular weight is 517 g/mol. The molecule has 194 valence electrons. The van der Waals surface area contributed by atoms with Crippen molar-refractivity contribution < 1.29 is 23.9 Å². The Bertz CT molecular complexity index is 1170. The molecule has 1 aromatic heterocycles. The van der Waals surface area contributed by atoms with Crippen LogP contribution in [0.25, 0.3) is 10.4 Å². The van der Waals surface area contributed by atoms with Crippen molar-refractivity contribution in [3.63, 3.8) is 0 Å². The van der Waals surface area contributed by atoms with Gasteiger partial charge in [-0.15, -0.1) is 11.3 Å². The maximum Gasteiger partial charge on any atom is 0.258 e. The van der Waals surface area contributed by atoms with Gasteiger partial charge in [-0.25, -0.2) is 9.37 Å². The van der Waals surface area contributed by atoms with Gasteiger partial charge < -0.3 is 20.6 Å². The Balaban J connectivity index is 1.42. The molecule has 1 aliphatic carbocycles. The van der Waals surface area contributed by atoms with Crippen molar-refractivity contribution in [2.24, 2.45) is 5.41 Å². The van der Waals surface area contributed by atoms with Crippen LogP contribution in [-0.4, -0.2) is 57.0 Å². The van der Waals surface area contributed by atoms with E-state index in [2.05, 4.69) is 15.6 Å². The minimum Gasteiger partial charge on any atom is -0.508 e. The number of aromatic nitrogens is 1. The number of thiazole rings is 1. The number of amides is 3. The molecule has 2 heterocycles. The van der Waals surface area contributed by atoms with E-state index in [0.29, 0.717) is 24.9 Å². The lowest BCUT2D eigenvalue weighted by Gasteiger charge is -2.35. The van der Waals surface area contributed by atoms with E-state index in [1.807, 2.05) is 13.0 Å². The molecule has 1 aliphatic heterocycles. The molecule has 2 aromatic rings. The summed E-state index contributed by atoms with van der Waals surface area (Å²) in [6, 6.07) is 3.65. The molecule has 10 heteroatoms. The first kappa shape index (κ1) is 26.1. The van der Waals surface area contributed by atoms with Gasteiger partial charge in [0.25, 0.3) is 5.91 Å². The van der Waals surface area contributed by atoms with E-state index in [9.17, 15) is 23.9 Å². The lowest BCUT2D eigenvalue weighted by Crippen LogP contribution is -2.58. The fourth-order valence-corrected chi connectivity index (χ4v) is 5.25. The number of hydrogen-bond donors (Lipinski definition) is 3. The van der Waals surface area contributed by atoms with E-state index in [1.165, 1.54) is 16.2 Å². The number of carbonyl (C=O) groups is 3. The topological polar surface area (TPSA) is 112 Å². The van der Waals surface area contributed by atoms with Crippen LogP contribution in [0.15, 0.2) is 23.7 Å². The maximum absolute atomic E-state index is 14.3. The summed E-state index contributed by atoms with van der Waals surface area (Å²) in [6.07, 6.45) is 1.47. The Labute approximate surface area is 214 Å². The van der Waals surface area contributed by atoms with Crippen molar-refractivity contribution in [3.05, 3.63) is 35.0 Å². The largest absolute Gasteiger partial charge is 0.508 e. The van der Waals surface area contributed by atoms with E-state index in [0.717, 1.165) is 16.1 Å². The van der Waals surface area contributed by atoms with Gasteiger partial charge in [0.1, 0.15) is 17.8 Å². The highest BCUT2D eigenvalue weighted by atomic mass is 32.1. The molecule has 36 heavy (non-hydrogen) atoms. The number of aryl methyl sites for hydroxylation is 1. The molecular weight excluding hydrogens is 483 g/mol. The summed E-state index contributed by atoms with van der Waals surface area (Å²) >= 11 is 1.49. The van der Waals surface area contributed by atoms with Gasteiger partial charge in [0.2, 0.25) is 11.8 Å². The first-order valence-corrected chi connectivity index (χ1v) is 13.1. The predicted octanol–water partition coefficient (Wildman–Crippen LogP) is 3.46. The summed E-state index contributed by atoms with van der Waals surface area (Å²) in [6.45, 7) is 7.81. The molecular formula is C26H33FN4O4S. The van der Waals surface area contributed by atoms with Crippen LogP contribution in [0.4, 0.5) is 4.39 Å². The van der Waals surface area contributed by atoms with Crippen LogP contribution in [0, 0.1) is 12.3 Å². The van der Waals surface area contributed by atoms with E-state index in [4.69, 9.17) is 0 Å². The zero-order valence-corrected chi connectivity index (χ0v) is 21.9. The summed E-state index contributed by atoms with van der Waals surface area (Å²) in [5.74, 6) is -1.41. The normalized spacial score (nSPS) is 19.6. The van der Waals surface area contributed by atoms with Crippen LogP contribution in [0.3, 0.4) is 0 Å². The van der Waals surface area contributed by atoms with Crippen LogP contribution >= 0.6 is 11.3 Å². The Morgan fingerprint density at radius 3 is 2.61 bits per heavy atom. The molecule has 1 aromatic carbocycles. The monoisotopic (exact) mass is 516 g/mol. The first-order valence-electron chi connectivity index (χ1n) is 12.2. The number of nitrogens with one attached hydrogen (secondary N) is 2. The van der Waals surface area contributed by atoms with Crippen LogP contribution in [0.2, 0.25) is 0 Å². The molecule has 2 atom stereocenters. The number of halogens is 1. The second-order valence-electron chi connectivity index (χ2n) is 10.8. The molecule has 4 rings (SSSR count). The van der Waals surface area contributed by atoms with Crippen molar-refractivity contribution in [2.75, 3.05) is 6.54 Å². The predicted molar refractivity (Wildman–Crippen MR) is 135 cm³/mol. The minimum absolute atomic E-state index is 0.0655. The summed E-state index contributed by atoms with van der Waals surface area (Å²) in [7, 11) is 0. The molecule has 2 fully saturated rings. The standard InChI is InChI=1S/C26H33FN4O4S/c1-15-20(36-14-29-15)16-7-8-17(19(32)12-16)13-28-22(33)18-6-5-11-31(18)23(34)21(25(2,3)4)30-24(35)26(27)9-10-26/h7-8,12,14,18,21,32H,5-6,9-11,13H2,1-4H3,(H,28,33)(H,30,35)/t18-,21?/m0/s1. The Morgan fingerprint density at radius 2 is 2.03 bits per heavy atom. The quantitative estimate of drug-likeness (QED) is 0.522. The molecule has 0 spiro atoms. The van der Waals surface area contributed by atoms with Gasteiger partial charge in [-0.3, -0.25) is 14.4 Å². The zero-order valence-electron chi connectivity index (χ0n) is 21.1. The van der Waals surface area contributed by atoms with Crippen molar-refractivity contribution in [3.8, 4) is 16.2 Å². The van der Waals surface area contributed by atoms with Crippen molar-refractivity contribution in [1.82, 2.24) is 20.5 Å². The Hall–Kier alpha value is -3.01. The summed E-state index contributed by atoms with van der Waals surface area (Å²) in [5, 5.41) is 16.0. The highest BCUT2D eigenvalue weighted by Gasteiger charge is 2.53. The number of alkyl halides is 1. The zero-order chi connectivity index (χ0) is 26.3. The van der Waals surface area contributed by atoms with Crippen LogP contribution in [-0.2, 0) is 20.9 Å². The highest BCUT2D eigenvalue weighted by Crippen LogP contribution is 2.40. The van der Waals surface area contributed by atoms with Crippen molar-refractivity contribution in [1.29, 1.82) is 0 Å². The van der Waals surface area contributed by atoms with Gasteiger partial charge in [-0.2, -0.15) is 0 Å². The fourth-order valence-electron chi connectivity index (χ4n) is 4.45. The van der Waals surface area contributed by atoms with Gasteiger partial charge >= 0.3 is 0 Å². The van der Waals surface area contributed by atoms with E-state index in [1.54, 1.807) is 38.4 Å². The lowest BCUT2D eigenvalue weighted by atomic mass is 9.85. The Morgan fingerprint density at radius 1 is 1.31 bits per heavy atom. The summed E-state index contributed by atoms with van der Waals surface area (Å²) in [4.78, 5) is 45.6. The molecule has 1 saturated carbocycles. The molecule has 0 bridgehead atoms. The van der Waals surface area contributed by atoms with Gasteiger partial charge in [-0.05, 0) is 49.7 Å². The number of aromatic hydroxyl groups is 1. The third kappa shape index (κ3) is 5.38. The van der Waals surface area contributed by atoms with Gasteiger partial charge in [0, 0.05) is 18.7 Å². The molecule has 8 nitrogen and oxygen atoms in total. The third-order valence-electron chi connectivity index (χ3n) is 6.87. The first-order chi connectivity index (χ1) is 16.9. The summed E-state index contributed by atoms with van der Waals surface area (Å²) < 4.78 is 14.3. The number of phenols is 1. The fraction of sp³-hybridized carbons (Fsp3) is 0.538. The summed E-state index contributed by atoms with van der Waals surface area (Å²) in [5.41, 5.74) is 1.50. The smallest absolute Gasteiger partial charge is 0.258 e. The number of benzene rings is 1. The number of likely N-dealkylation sites (tertiary alicyclic amines) is 1. The van der Waals surface area contributed by atoms with Gasteiger partial charge in [0.05, 0.1) is 16.1 Å². The van der Waals surface area contributed by atoms with E-state index < -0.39 is 29.1 Å². The second kappa shape index (κ2) is 9.80. The number of nitrogens with zero attached hydrogens (tertiary/aromatic N) is 2. The van der Waals surface area contributed by atoms with Crippen molar-refractivity contribution >= 4 is 29.1 Å². The molecule has 3 amide bonds. The van der Waals surface area contributed by atoms with E-state index in [-0.39, 0.29) is 37.0 Å². The van der Waals surface area contributed by atoms with E-state index >= 15 is 0 Å². The van der Waals surface area contributed by atoms with Gasteiger partial charge in [-0.1, -0.05) is 32.9 Å². The SMILES string of the molecule is Cc1ncsc1-c1ccc(CNC(=O)[C@@H]2CCCN2C(=O)C(NC(=O)C2(F)CC2)C(C)(C)C)c(O)c1. The molecule has 0 radical (unpaired) electrons. The van der Waals surface area contributed by atoms with Crippen LogP contribution in [0.5, 0.6) is 5.75 Å². The molecule has 1 unspecified atom stereocenters. The number of hydrogen-bond acceptors (Lipinski definition) is 6. The Kier molecular flexibility index (Phi) is 7.10. The third-order valence-corrected chi connectivity index (χ3v) is 7.85. The molecule has 1 saturated heterocycles. The highest BCUT2D eigenvalue weighted by molar-refractivity contribution is 7.13. The average Bonchev–Trinajstić information content (AvgIpc) is 3.20. The van der Waals surface area contributed by atoms with Crippen molar-refractivity contribution in [2.45, 2.75) is 77.7 Å². The van der Waals surface area contributed by atoms with Crippen LogP contribution < -0.4 is 10.6 Å². The lowest BCUT2D eigenvalue weighted by molar-refractivity contribution is -0.144. The van der Waals surface area contributed by atoms with Crippen LogP contribution in [0.1, 0.15) is 57.7 Å². The second-order valence-corrected chi connectivity index (χ2v) is 11.6.